The maximum atomic E-state index is 10.3. The highest BCUT2D eigenvalue weighted by Gasteiger charge is 2.40. The molecular formula is C15H30N2O. The fourth-order valence-electron chi connectivity index (χ4n) is 3.71. The van der Waals surface area contributed by atoms with Crippen LogP contribution in [0.3, 0.4) is 0 Å². The summed E-state index contributed by atoms with van der Waals surface area (Å²) in [5.41, 5.74) is 0.379. The first-order chi connectivity index (χ1) is 8.53. The molecular weight excluding hydrogens is 224 g/mol. The molecule has 1 N–H and O–H groups in total. The van der Waals surface area contributed by atoms with Gasteiger partial charge in [-0.15, -0.1) is 0 Å². The van der Waals surface area contributed by atoms with E-state index in [1.54, 1.807) is 0 Å². The van der Waals surface area contributed by atoms with Crippen molar-refractivity contribution >= 4 is 0 Å². The second-order valence-corrected chi connectivity index (χ2v) is 6.78. The Balaban J connectivity index is 1.78. The lowest BCUT2D eigenvalue weighted by Crippen LogP contribution is -2.57. The SMILES string of the molecule is CN(CC(O)C1CCCC1)CC1(N(C)C)CCC1. The minimum atomic E-state index is -0.114. The largest absolute Gasteiger partial charge is 0.392 e. The maximum absolute atomic E-state index is 10.3. The number of likely N-dealkylation sites (N-methyl/N-ethyl adjacent to an activating group) is 2. The average Bonchev–Trinajstić information content (AvgIpc) is 2.76. The lowest BCUT2D eigenvalue weighted by molar-refractivity contribution is 0.00593. The van der Waals surface area contributed by atoms with Crippen molar-refractivity contribution < 1.29 is 5.11 Å². The van der Waals surface area contributed by atoms with Crippen LogP contribution in [0.15, 0.2) is 0 Å². The van der Waals surface area contributed by atoms with Crippen molar-refractivity contribution in [2.45, 2.75) is 56.6 Å². The van der Waals surface area contributed by atoms with Gasteiger partial charge < -0.3 is 14.9 Å². The number of aliphatic hydroxyl groups is 1. The van der Waals surface area contributed by atoms with E-state index >= 15 is 0 Å². The van der Waals surface area contributed by atoms with E-state index in [0.717, 1.165) is 13.1 Å². The molecule has 0 heterocycles. The highest BCUT2D eigenvalue weighted by atomic mass is 16.3. The van der Waals surface area contributed by atoms with Crippen LogP contribution in [0.4, 0.5) is 0 Å². The van der Waals surface area contributed by atoms with Crippen LogP contribution in [-0.4, -0.2) is 60.8 Å². The van der Waals surface area contributed by atoms with E-state index in [2.05, 4.69) is 30.9 Å². The van der Waals surface area contributed by atoms with Gasteiger partial charge in [0.2, 0.25) is 0 Å². The summed E-state index contributed by atoms with van der Waals surface area (Å²) in [5, 5.41) is 10.3. The Kier molecular flexibility index (Phi) is 4.68. The van der Waals surface area contributed by atoms with Crippen LogP contribution in [0.25, 0.3) is 0 Å². The monoisotopic (exact) mass is 254 g/mol. The van der Waals surface area contributed by atoms with Gasteiger partial charge >= 0.3 is 0 Å². The smallest absolute Gasteiger partial charge is 0.0695 e. The zero-order valence-electron chi connectivity index (χ0n) is 12.4. The van der Waals surface area contributed by atoms with E-state index in [-0.39, 0.29) is 6.10 Å². The molecule has 18 heavy (non-hydrogen) atoms. The second-order valence-electron chi connectivity index (χ2n) is 6.78. The van der Waals surface area contributed by atoms with Gasteiger partial charge in [0.1, 0.15) is 0 Å². The highest BCUT2D eigenvalue weighted by molar-refractivity contribution is 4.98. The van der Waals surface area contributed by atoms with Gasteiger partial charge in [0, 0.05) is 18.6 Å². The fourth-order valence-corrected chi connectivity index (χ4v) is 3.71. The van der Waals surface area contributed by atoms with E-state index < -0.39 is 0 Å². The van der Waals surface area contributed by atoms with Gasteiger partial charge in [0.25, 0.3) is 0 Å². The van der Waals surface area contributed by atoms with Crippen molar-refractivity contribution in [1.82, 2.24) is 9.80 Å². The van der Waals surface area contributed by atoms with Gasteiger partial charge in [-0.05, 0) is 59.2 Å². The van der Waals surface area contributed by atoms with Gasteiger partial charge in [-0.25, -0.2) is 0 Å². The van der Waals surface area contributed by atoms with Crippen LogP contribution >= 0.6 is 0 Å². The van der Waals surface area contributed by atoms with Gasteiger partial charge in [-0.3, -0.25) is 0 Å². The van der Waals surface area contributed by atoms with Gasteiger partial charge in [0.05, 0.1) is 6.10 Å². The third-order valence-corrected chi connectivity index (χ3v) is 5.24. The Hall–Kier alpha value is -0.120. The predicted molar refractivity (Wildman–Crippen MR) is 75.7 cm³/mol. The highest BCUT2D eigenvalue weighted by Crippen LogP contribution is 2.37. The average molecular weight is 254 g/mol. The van der Waals surface area contributed by atoms with Crippen molar-refractivity contribution in [3.05, 3.63) is 0 Å². The van der Waals surface area contributed by atoms with Crippen molar-refractivity contribution in [3.63, 3.8) is 0 Å². The molecule has 3 heteroatoms. The molecule has 1 atom stereocenters. The molecule has 0 aromatic heterocycles. The number of rotatable bonds is 6. The maximum Gasteiger partial charge on any atom is 0.0695 e. The molecule has 2 aliphatic carbocycles. The molecule has 106 valence electrons. The fraction of sp³-hybridized carbons (Fsp3) is 1.00. The Morgan fingerprint density at radius 3 is 2.17 bits per heavy atom. The summed E-state index contributed by atoms with van der Waals surface area (Å²) in [7, 11) is 6.56. The number of nitrogens with zero attached hydrogens (tertiary/aromatic N) is 2. The quantitative estimate of drug-likeness (QED) is 0.785. The minimum Gasteiger partial charge on any atom is -0.392 e. The second kappa shape index (κ2) is 5.89. The molecule has 0 saturated heterocycles. The van der Waals surface area contributed by atoms with Crippen molar-refractivity contribution in [2.75, 3.05) is 34.2 Å². The van der Waals surface area contributed by atoms with Crippen LogP contribution in [0.1, 0.15) is 44.9 Å². The van der Waals surface area contributed by atoms with Gasteiger partial charge in [0.15, 0.2) is 0 Å². The van der Waals surface area contributed by atoms with Crippen molar-refractivity contribution in [2.24, 2.45) is 5.92 Å². The van der Waals surface area contributed by atoms with E-state index in [9.17, 15) is 5.11 Å². The first-order valence-electron chi connectivity index (χ1n) is 7.57. The van der Waals surface area contributed by atoms with Crippen LogP contribution < -0.4 is 0 Å². The summed E-state index contributed by atoms with van der Waals surface area (Å²) in [6.07, 6.45) is 8.95. The lowest BCUT2D eigenvalue weighted by Gasteiger charge is -2.49. The summed E-state index contributed by atoms with van der Waals surface area (Å²) in [5.74, 6) is 0.559. The summed E-state index contributed by atoms with van der Waals surface area (Å²) >= 11 is 0. The Morgan fingerprint density at radius 1 is 1.11 bits per heavy atom. The summed E-state index contributed by atoms with van der Waals surface area (Å²) in [4.78, 5) is 4.73. The van der Waals surface area contributed by atoms with Crippen LogP contribution in [0, 0.1) is 5.92 Å². The van der Waals surface area contributed by atoms with E-state index in [0.29, 0.717) is 11.5 Å². The molecule has 3 nitrogen and oxygen atoms in total. The molecule has 2 aliphatic rings. The first kappa shape index (κ1) is 14.3. The summed E-state index contributed by atoms with van der Waals surface area (Å²) in [6, 6.07) is 0. The van der Waals surface area contributed by atoms with Gasteiger partial charge in [-0.2, -0.15) is 0 Å². The topological polar surface area (TPSA) is 26.7 Å². The molecule has 0 aromatic carbocycles. The number of aliphatic hydroxyl groups excluding tert-OH is 1. The van der Waals surface area contributed by atoms with E-state index in [1.165, 1.54) is 44.9 Å². The predicted octanol–water partition coefficient (Wildman–Crippen LogP) is 1.95. The normalized spacial score (nSPS) is 25.7. The third-order valence-electron chi connectivity index (χ3n) is 5.24. The number of hydrogen-bond acceptors (Lipinski definition) is 3. The molecule has 0 spiro atoms. The van der Waals surface area contributed by atoms with Crippen molar-refractivity contribution in [1.29, 1.82) is 0 Å². The standard InChI is InChI=1S/C15H30N2O/c1-16(2)15(9-6-10-15)12-17(3)11-14(18)13-7-4-5-8-13/h13-14,18H,4-12H2,1-3H3. The first-order valence-corrected chi connectivity index (χ1v) is 7.57. The summed E-state index contributed by atoms with van der Waals surface area (Å²) < 4.78 is 0. The molecule has 0 aliphatic heterocycles. The molecule has 0 radical (unpaired) electrons. The van der Waals surface area contributed by atoms with Crippen LogP contribution in [0.2, 0.25) is 0 Å². The molecule has 0 bridgehead atoms. The zero-order valence-corrected chi connectivity index (χ0v) is 12.4. The molecule has 2 fully saturated rings. The Morgan fingerprint density at radius 2 is 1.72 bits per heavy atom. The van der Waals surface area contributed by atoms with Gasteiger partial charge in [-0.1, -0.05) is 12.8 Å². The third kappa shape index (κ3) is 3.06. The zero-order chi connectivity index (χ0) is 13.2. The van der Waals surface area contributed by atoms with E-state index in [4.69, 9.17) is 0 Å². The Labute approximate surface area is 112 Å². The molecule has 2 saturated carbocycles. The Bertz CT molecular complexity index is 257. The minimum absolute atomic E-state index is 0.114. The van der Waals surface area contributed by atoms with E-state index in [1.807, 2.05) is 0 Å². The summed E-state index contributed by atoms with van der Waals surface area (Å²) in [6.45, 7) is 1.95. The molecule has 1 unspecified atom stereocenters. The molecule has 2 rings (SSSR count). The van der Waals surface area contributed by atoms with Crippen LogP contribution in [0.5, 0.6) is 0 Å². The molecule has 0 aromatic rings. The molecule has 0 amide bonds. The number of hydrogen-bond donors (Lipinski definition) is 1. The lowest BCUT2D eigenvalue weighted by atomic mass is 9.75. The van der Waals surface area contributed by atoms with Crippen molar-refractivity contribution in [3.8, 4) is 0 Å². The van der Waals surface area contributed by atoms with Crippen LogP contribution in [-0.2, 0) is 0 Å².